The zero-order valence-corrected chi connectivity index (χ0v) is 12.2. The van der Waals surface area contributed by atoms with Crippen LogP contribution in [-0.4, -0.2) is 37.5 Å². The van der Waals surface area contributed by atoms with E-state index in [-0.39, 0.29) is 17.9 Å². The quantitative estimate of drug-likeness (QED) is 0.840. The van der Waals surface area contributed by atoms with Crippen LogP contribution in [-0.2, 0) is 9.47 Å². The van der Waals surface area contributed by atoms with Crippen molar-refractivity contribution in [3.63, 3.8) is 0 Å². The van der Waals surface area contributed by atoms with E-state index in [0.29, 0.717) is 22.7 Å². The highest BCUT2D eigenvalue weighted by molar-refractivity contribution is 6.52. The van der Waals surface area contributed by atoms with Gasteiger partial charge in [0.25, 0.3) is 0 Å². The molecular formula is C17H14N2O3. The maximum atomic E-state index is 12.5. The molecule has 0 spiro atoms. The first-order valence-corrected chi connectivity index (χ1v) is 7.03. The smallest absolute Gasteiger partial charge is 0.210 e. The zero-order valence-electron chi connectivity index (χ0n) is 12.2. The van der Waals surface area contributed by atoms with Gasteiger partial charge in [0.05, 0.1) is 18.5 Å². The molecule has 0 saturated carbocycles. The van der Waals surface area contributed by atoms with Gasteiger partial charge >= 0.3 is 0 Å². The lowest BCUT2D eigenvalue weighted by Gasteiger charge is -2.24. The molecule has 0 fully saturated rings. The molecule has 0 bridgehead atoms. The maximum Gasteiger partial charge on any atom is 0.210 e. The Hall–Kier alpha value is -2.53. The number of ether oxygens (including phenoxy) is 2. The van der Waals surface area contributed by atoms with Gasteiger partial charge in [-0.2, -0.15) is 0 Å². The summed E-state index contributed by atoms with van der Waals surface area (Å²) in [6.45, 7) is 0. The van der Waals surface area contributed by atoms with Gasteiger partial charge in [-0.3, -0.25) is 9.79 Å². The molecule has 0 saturated heterocycles. The molecule has 110 valence electrons. The second-order valence-electron chi connectivity index (χ2n) is 5.29. The van der Waals surface area contributed by atoms with Crippen LogP contribution in [0.1, 0.15) is 22.0 Å². The van der Waals surface area contributed by atoms with Crippen molar-refractivity contribution >= 4 is 17.2 Å². The standard InChI is InChI=1S/C17H14N2O3/c1-21-13-7-11-12(8-14(13)22-2)19-16-15(18-11)9-5-3-4-6-10(9)17(16)20/h3-8,14-15H,1-2H3. The maximum absolute atomic E-state index is 12.5. The lowest BCUT2D eigenvalue weighted by molar-refractivity contribution is 0.106. The van der Waals surface area contributed by atoms with Gasteiger partial charge in [0.15, 0.2) is 0 Å². The van der Waals surface area contributed by atoms with E-state index in [9.17, 15) is 4.79 Å². The molecule has 1 aliphatic heterocycles. The van der Waals surface area contributed by atoms with Gasteiger partial charge in [0, 0.05) is 18.7 Å². The Balaban J connectivity index is 1.85. The summed E-state index contributed by atoms with van der Waals surface area (Å²) in [7, 11) is 3.20. The Morgan fingerprint density at radius 2 is 2.00 bits per heavy atom. The molecule has 5 nitrogen and oxygen atoms in total. The summed E-state index contributed by atoms with van der Waals surface area (Å²) in [5.74, 6) is 0.640. The topological polar surface area (TPSA) is 60.3 Å². The van der Waals surface area contributed by atoms with E-state index >= 15 is 0 Å². The lowest BCUT2D eigenvalue weighted by atomic mass is 10.0. The van der Waals surface area contributed by atoms with E-state index in [2.05, 4.69) is 4.99 Å². The average molecular weight is 294 g/mol. The third-order valence-electron chi connectivity index (χ3n) is 4.12. The fraction of sp³-hybridized carbons (Fsp3) is 0.235. The number of carbonyl (C=O) groups is 1. The summed E-state index contributed by atoms with van der Waals surface area (Å²) in [6, 6.07) is 7.22. The molecule has 2 aliphatic carbocycles. The molecule has 0 amide bonds. The van der Waals surface area contributed by atoms with E-state index in [0.717, 1.165) is 11.3 Å². The molecule has 0 radical (unpaired) electrons. The summed E-state index contributed by atoms with van der Waals surface area (Å²) in [5.41, 5.74) is 3.48. The highest BCUT2D eigenvalue weighted by Crippen LogP contribution is 2.37. The van der Waals surface area contributed by atoms with E-state index in [1.165, 1.54) is 0 Å². The number of fused-ring (bicyclic) bond motifs is 4. The van der Waals surface area contributed by atoms with E-state index < -0.39 is 0 Å². The zero-order chi connectivity index (χ0) is 15.3. The molecule has 4 rings (SSSR count). The van der Waals surface area contributed by atoms with Crippen LogP contribution in [0.3, 0.4) is 0 Å². The van der Waals surface area contributed by atoms with Crippen LogP contribution in [0.2, 0.25) is 0 Å². The van der Waals surface area contributed by atoms with Crippen molar-refractivity contribution in [3.05, 3.63) is 59.0 Å². The van der Waals surface area contributed by atoms with Crippen LogP contribution >= 0.6 is 0 Å². The van der Waals surface area contributed by atoms with Crippen LogP contribution < -0.4 is 0 Å². The monoisotopic (exact) mass is 294 g/mol. The van der Waals surface area contributed by atoms with Crippen molar-refractivity contribution in [2.75, 3.05) is 14.2 Å². The Morgan fingerprint density at radius 3 is 2.77 bits per heavy atom. The number of carbonyl (C=O) groups excluding carboxylic acids is 1. The highest BCUT2D eigenvalue weighted by Gasteiger charge is 2.39. The normalized spacial score (nSPS) is 25.3. The van der Waals surface area contributed by atoms with Gasteiger partial charge in [-0.25, -0.2) is 4.99 Å². The number of aliphatic imine (C=N–C) groups is 2. The Kier molecular flexibility index (Phi) is 2.84. The van der Waals surface area contributed by atoms with Crippen molar-refractivity contribution in [1.82, 2.24) is 0 Å². The molecule has 1 heterocycles. The van der Waals surface area contributed by atoms with E-state index in [1.807, 2.05) is 36.4 Å². The predicted octanol–water partition coefficient (Wildman–Crippen LogP) is 2.26. The van der Waals surface area contributed by atoms with Crippen LogP contribution in [0.4, 0.5) is 0 Å². The second-order valence-corrected chi connectivity index (χ2v) is 5.29. The molecule has 1 aromatic rings. The minimum atomic E-state index is -0.315. The summed E-state index contributed by atoms with van der Waals surface area (Å²) in [5, 5.41) is 0. The van der Waals surface area contributed by atoms with Crippen LogP contribution in [0.5, 0.6) is 0 Å². The second kappa shape index (κ2) is 4.74. The minimum Gasteiger partial charge on any atom is -0.498 e. The number of benzene rings is 1. The number of ketones is 1. The predicted molar refractivity (Wildman–Crippen MR) is 82.4 cm³/mol. The van der Waals surface area contributed by atoms with Crippen LogP contribution in [0.25, 0.3) is 0 Å². The number of allylic oxidation sites excluding steroid dienone is 1. The van der Waals surface area contributed by atoms with Crippen molar-refractivity contribution in [3.8, 4) is 0 Å². The number of rotatable bonds is 2. The van der Waals surface area contributed by atoms with Crippen molar-refractivity contribution in [2.24, 2.45) is 9.98 Å². The third-order valence-corrected chi connectivity index (χ3v) is 4.12. The first-order valence-electron chi connectivity index (χ1n) is 7.03. The summed E-state index contributed by atoms with van der Waals surface area (Å²) >= 11 is 0. The number of hydrogen-bond donors (Lipinski definition) is 0. The highest BCUT2D eigenvalue weighted by atomic mass is 16.5. The van der Waals surface area contributed by atoms with Gasteiger partial charge in [-0.1, -0.05) is 24.3 Å². The molecular weight excluding hydrogens is 280 g/mol. The molecule has 3 aliphatic rings. The van der Waals surface area contributed by atoms with E-state index in [1.54, 1.807) is 14.2 Å². The number of Topliss-reactive ketones (excluding diaryl/α,β-unsaturated/α-hetero) is 1. The Morgan fingerprint density at radius 1 is 1.18 bits per heavy atom. The molecule has 1 aromatic carbocycles. The minimum absolute atomic E-state index is 0.0419. The van der Waals surface area contributed by atoms with E-state index in [4.69, 9.17) is 14.5 Å². The SMILES string of the molecule is COC1=CC2=NC3C(=NC2=CC1OC)C(=O)c1ccccc13. The lowest BCUT2D eigenvalue weighted by Crippen LogP contribution is -2.25. The molecule has 2 atom stereocenters. The largest absolute Gasteiger partial charge is 0.498 e. The molecule has 2 unspecified atom stereocenters. The third kappa shape index (κ3) is 1.72. The van der Waals surface area contributed by atoms with Gasteiger partial charge in [-0.05, 0) is 11.6 Å². The number of nitrogens with zero attached hydrogens (tertiary/aromatic N) is 2. The summed E-state index contributed by atoms with van der Waals surface area (Å²) in [6.07, 6.45) is 3.35. The summed E-state index contributed by atoms with van der Waals surface area (Å²) < 4.78 is 10.7. The van der Waals surface area contributed by atoms with Gasteiger partial charge < -0.3 is 9.47 Å². The van der Waals surface area contributed by atoms with Crippen molar-refractivity contribution < 1.29 is 14.3 Å². The number of methoxy groups -OCH3 is 2. The van der Waals surface area contributed by atoms with Crippen molar-refractivity contribution in [1.29, 1.82) is 0 Å². The van der Waals surface area contributed by atoms with Gasteiger partial charge in [0.2, 0.25) is 5.78 Å². The van der Waals surface area contributed by atoms with Crippen molar-refractivity contribution in [2.45, 2.75) is 12.1 Å². The molecule has 5 heteroatoms. The molecule has 0 N–H and O–H groups in total. The average Bonchev–Trinajstić information content (AvgIpc) is 2.84. The molecule has 22 heavy (non-hydrogen) atoms. The fourth-order valence-corrected chi connectivity index (χ4v) is 3.02. The van der Waals surface area contributed by atoms with Crippen LogP contribution in [0.15, 0.2) is 57.9 Å². The van der Waals surface area contributed by atoms with Crippen LogP contribution in [0, 0.1) is 0 Å². The first kappa shape index (κ1) is 13.2. The van der Waals surface area contributed by atoms with Gasteiger partial charge in [0.1, 0.15) is 23.6 Å². The summed E-state index contributed by atoms with van der Waals surface area (Å²) in [4.78, 5) is 21.7. The molecule has 0 aromatic heterocycles. The first-order chi connectivity index (χ1) is 10.7. The fourth-order valence-electron chi connectivity index (χ4n) is 3.02. The Labute approximate surface area is 127 Å². The van der Waals surface area contributed by atoms with Gasteiger partial charge in [-0.15, -0.1) is 0 Å². The Bertz CT molecular complexity index is 802. The number of hydrogen-bond acceptors (Lipinski definition) is 5.